The zero-order valence-electron chi connectivity index (χ0n) is 20.0. The molecule has 0 bridgehead atoms. The second-order valence-corrected chi connectivity index (χ2v) is 8.93. The van der Waals surface area contributed by atoms with E-state index < -0.39 is 11.7 Å². The van der Waals surface area contributed by atoms with Gasteiger partial charge in [-0.1, -0.05) is 13.8 Å². The van der Waals surface area contributed by atoms with Gasteiger partial charge >= 0.3 is 0 Å². The van der Waals surface area contributed by atoms with Gasteiger partial charge in [0, 0.05) is 44.8 Å². The average molecular weight is 457 g/mol. The zero-order chi connectivity index (χ0) is 24.4. The van der Waals surface area contributed by atoms with Gasteiger partial charge in [-0.2, -0.15) is 5.10 Å². The summed E-state index contributed by atoms with van der Waals surface area (Å²) in [6.07, 6.45) is 0. The summed E-state index contributed by atoms with van der Waals surface area (Å²) >= 11 is 0. The molecule has 10 heteroatoms. The Labute approximate surface area is 193 Å². The molecule has 9 nitrogen and oxygen atoms in total. The van der Waals surface area contributed by atoms with Crippen molar-refractivity contribution in [3.63, 3.8) is 0 Å². The van der Waals surface area contributed by atoms with Gasteiger partial charge in [-0.25, -0.2) is 9.37 Å². The number of carbonyl (C=O) groups excluding carboxylic acids is 1. The summed E-state index contributed by atoms with van der Waals surface area (Å²) in [5.74, 6) is 0.00202. The van der Waals surface area contributed by atoms with Crippen molar-refractivity contribution in [2.24, 2.45) is 30.4 Å². The summed E-state index contributed by atoms with van der Waals surface area (Å²) < 4.78 is 16.5. The molecule has 0 aliphatic carbocycles. The summed E-state index contributed by atoms with van der Waals surface area (Å²) in [4.78, 5) is 18.3. The van der Waals surface area contributed by atoms with Crippen LogP contribution in [0, 0.1) is 17.7 Å². The molecule has 2 atom stereocenters. The lowest BCUT2D eigenvalue weighted by molar-refractivity contribution is 0.100. The number of anilines is 4. The Kier molecular flexibility index (Phi) is 7.06. The molecule has 0 fully saturated rings. The lowest BCUT2D eigenvalue weighted by Gasteiger charge is -2.25. The fourth-order valence-corrected chi connectivity index (χ4v) is 3.93. The van der Waals surface area contributed by atoms with Crippen LogP contribution in [0.1, 0.15) is 31.1 Å². The minimum absolute atomic E-state index is 0.0326. The third-order valence-electron chi connectivity index (χ3n) is 5.80. The number of halogens is 1. The maximum absolute atomic E-state index is 14.7. The summed E-state index contributed by atoms with van der Waals surface area (Å²) in [5.41, 5.74) is 13.2. The fourth-order valence-electron chi connectivity index (χ4n) is 3.93. The van der Waals surface area contributed by atoms with E-state index >= 15 is 0 Å². The number of amides is 1. The second kappa shape index (κ2) is 9.62. The second-order valence-electron chi connectivity index (χ2n) is 8.93. The van der Waals surface area contributed by atoms with Crippen LogP contribution in [0.3, 0.4) is 0 Å². The Balaban J connectivity index is 1.97. The Morgan fingerprint density at radius 3 is 2.48 bits per heavy atom. The standard InChI is InChI=1S/C23H33FN8O/c1-12(2)17(13(3)25)11-27-22-18(24)10-16(20(26)33)21(29-22)28-14-7-8-19-15(9-14)23(31(4)5)30-32(19)6/h7-10,12-13,17H,11,25H2,1-6H3,(H2,26,33)(H2,27,28,29)/t13-,17?/m0/s1. The third-order valence-corrected chi connectivity index (χ3v) is 5.80. The third kappa shape index (κ3) is 5.16. The first-order valence-corrected chi connectivity index (χ1v) is 10.9. The number of nitrogens with one attached hydrogen (secondary N) is 2. The van der Waals surface area contributed by atoms with Crippen molar-refractivity contribution in [3.8, 4) is 0 Å². The summed E-state index contributed by atoms with van der Waals surface area (Å²) in [6, 6.07) is 6.70. The van der Waals surface area contributed by atoms with Crippen molar-refractivity contribution in [3.05, 3.63) is 35.6 Å². The normalized spacial score (nSPS) is 13.2. The van der Waals surface area contributed by atoms with E-state index in [1.165, 1.54) is 0 Å². The predicted molar refractivity (Wildman–Crippen MR) is 132 cm³/mol. The maximum Gasteiger partial charge on any atom is 0.252 e. The largest absolute Gasteiger partial charge is 0.367 e. The van der Waals surface area contributed by atoms with Crippen molar-refractivity contribution < 1.29 is 9.18 Å². The number of fused-ring (bicyclic) bond motifs is 1. The number of benzene rings is 1. The number of rotatable bonds is 9. The highest BCUT2D eigenvalue weighted by atomic mass is 19.1. The number of carbonyl (C=O) groups is 1. The lowest BCUT2D eigenvalue weighted by Crippen LogP contribution is -2.35. The van der Waals surface area contributed by atoms with Crippen LogP contribution >= 0.6 is 0 Å². The first-order chi connectivity index (χ1) is 15.5. The smallest absolute Gasteiger partial charge is 0.252 e. The highest BCUT2D eigenvalue weighted by Gasteiger charge is 2.21. The number of primary amides is 1. The minimum Gasteiger partial charge on any atom is -0.367 e. The monoisotopic (exact) mass is 456 g/mol. The van der Waals surface area contributed by atoms with Crippen LogP contribution in [-0.2, 0) is 7.05 Å². The van der Waals surface area contributed by atoms with Crippen molar-refractivity contribution in [2.45, 2.75) is 26.8 Å². The molecule has 0 radical (unpaired) electrons. The average Bonchev–Trinajstić information content (AvgIpc) is 3.05. The Hall–Kier alpha value is -3.40. The molecule has 6 N–H and O–H groups in total. The first-order valence-electron chi connectivity index (χ1n) is 10.9. The molecule has 33 heavy (non-hydrogen) atoms. The number of aromatic nitrogens is 3. The minimum atomic E-state index is -0.775. The van der Waals surface area contributed by atoms with Gasteiger partial charge < -0.3 is 27.0 Å². The van der Waals surface area contributed by atoms with E-state index in [0.717, 1.165) is 22.8 Å². The number of pyridine rings is 1. The van der Waals surface area contributed by atoms with Crippen molar-refractivity contribution >= 4 is 40.0 Å². The van der Waals surface area contributed by atoms with E-state index in [-0.39, 0.29) is 29.2 Å². The molecular formula is C23H33FN8O. The molecule has 0 aliphatic heterocycles. The van der Waals surface area contributed by atoms with Crippen molar-refractivity contribution in [2.75, 3.05) is 36.2 Å². The molecule has 178 valence electrons. The van der Waals surface area contributed by atoms with E-state index in [2.05, 4.69) is 34.6 Å². The molecule has 2 heterocycles. The molecule has 0 spiro atoms. The van der Waals surface area contributed by atoms with Gasteiger partial charge in [0.2, 0.25) is 0 Å². The predicted octanol–water partition coefficient (Wildman–Crippen LogP) is 3.05. The molecule has 0 aliphatic rings. The molecule has 0 saturated carbocycles. The van der Waals surface area contributed by atoms with Gasteiger partial charge in [0.1, 0.15) is 5.82 Å². The van der Waals surface area contributed by atoms with E-state index in [1.807, 2.05) is 51.2 Å². The number of hydrogen-bond acceptors (Lipinski definition) is 7. The van der Waals surface area contributed by atoms with E-state index in [9.17, 15) is 9.18 Å². The van der Waals surface area contributed by atoms with Gasteiger partial charge in [0.15, 0.2) is 17.5 Å². The first kappa shape index (κ1) is 24.2. The molecule has 1 unspecified atom stereocenters. The van der Waals surface area contributed by atoms with Crippen LogP contribution in [0.5, 0.6) is 0 Å². The van der Waals surface area contributed by atoms with E-state index in [0.29, 0.717) is 18.2 Å². The molecule has 0 saturated heterocycles. The Morgan fingerprint density at radius 2 is 1.91 bits per heavy atom. The summed E-state index contributed by atoms with van der Waals surface area (Å²) in [5, 5.41) is 11.6. The highest BCUT2D eigenvalue weighted by molar-refractivity contribution is 5.99. The fraction of sp³-hybridized carbons (Fsp3) is 0.435. The van der Waals surface area contributed by atoms with Gasteiger partial charge in [0.25, 0.3) is 5.91 Å². The van der Waals surface area contributed by atoms with Crippen LogP contribution in [0.15, 0.2) is 24.3 Å². The van der Waals surface area contributed by atoms with Gasteiger partial charge in [-0.3, -0.25) is 9.48 Å². The molecule has 3 rings (SSSR count). The van der Waals surface area contributed by atoms with E-state index in [4.69, 9.17) is 11.5 Å². The van der Waals surface area contributed by atoms with Gasteiger partial charge in [-0.05, 0) is 43.0 Å². The summed E-state index contributed by atoms with van der Waals surface area (Å²) in [7, 11) is 5.71. The summed E-state index contributed by atoms with van der Waals surface area (Å²) in [6.45, 7) is 6.51. The van der Waals surface area contributed by atoms with Crippen LogP contribution in [0.25, 0.3) is 10.9 Å². The number of nitrogens with zero attached hydrogens (tertiary/aromatic N) is 4. The van der Waals surface area contributed by atoms with Crippen LogP contribution in [0.4, 0.5) is 27.5 Å². The van der Waals surface area contributed by atoms with Gasteiger partial charge in [0.05, 0.1) is 11.1 Å². The molecule has 3 aromatic rings. The van der Waals surface area contributed by atoms with Crippen molar-refractivity contribution in [1.82, 2.24) is 14.8 Å². The Bertz CT molecular complexity index is 1150. The van der Waals surface area contributed by atoms with Crippen LogP contribution < -0.4 is 27.0 Å². The zero-order valence-corrected chi connectivity index (χ0v) is 20.0. The molecule has 1 aromatic carbocycles. The molecule has 2 aromatic heterocycles. The Morgan fingerprint density at radius 1 is 1.21 bits per heavy atom. The maximum atomic E-state index is 14.7. The number of hydrogen-bond donors (Lipinski definition) is 4. The highest BCUT2D eigenvalue weighted by Crippen LogP contribution is 2.30. The van der Waals surface area contributed by atoms with Crippen LogP contribution in [0.2, 0.25) is 0 Å². The molecular weight excluding hydrogens is 423 g/mol. The molecule has 1 amide bonds. The van der Waals surface area contributed by atoms with Crippen LogP contribution in [-0.4, -0.2) is 47.4 Å². The number of aryl methyl sites for hydroxylation is 1. The lowest BCUT2D eigenvalue weighted by atomic mass is 9.90. The number of nitrogens with two attached hydrogens (primary N) is 2. The van der Waals surface area contributed by atoms with Gasteiger partial charge in [-0.15, -0.1) is 0 Å². The topological polar surface area (TPSA) is 127 Å². The van der Waals surface area contributed by atoms with Crippen molar-refractivity contribution in [1.29, 1.82) is 0 Å². The SMILES string of the molecule is CC(C)C(CNc1nc(Nc2ccc3c(c2)c(N(C)C)nn3C)c(C(N)=O)cc1F)[C@H](C)N. The van der Waals surface area contributed by atoms with E-state index in [1.54, 1.807) is 4.68 Å². The quantitative estimate of drug-likeness (QED) is 0.390.